The van der Waals surface area contributed by atoms with E-state index >= 15 is 0 Å². The highest BCUT2D eigenvalue weighted by atomic mass is 16.2. The molecule has 1 fully saturated rings. The minimum absolute atomic E-state index is 0.219. The van der Waals surface area contributed by atoms with Crippen LogP contribution in [0.25, 0.3) is 0 Å². The van der Waals surface area contributed by atoms with Gasteiger partial charge in [0.2, 0.25) is 5.91 Å². The minimum atomic E-state index is 0.219. The zero-order valence-corrected chi connectivity index (χ0v) is 11.1. The Labute approximate surface area is 109 Å². The smallest absolute Gasteiger partial charge is 0.230 e. The highest BCUT2D eigenvalue weighted by Gasteiger charge is 2.25. The molecule has 2 N–H and O–H groups in total. The van der Waals surface area contributed by atoms with Crippen molar-refractivity contribution in [2.24, 2.45) is 5.92 Å². The first-order valence-corrected chi connectivity index (χ1v) is 6.89. The summed E-state index contributed by atoms with van der Waals surface area (Å²) in [6.07, 6.45) is 5.75. The van der Waals surface area contributed by atoms with E-state index in [0.29, 0.717) is 0 Å². The summed E-state index contributed by atoms with van der Waals surface area (Å²) in [7, 11) is 0. The van der Waals surface area contributed by atoms with Gasteiger partial charge >= 0.3 is 0 Å². The number of nitrogen functional groups attached to an aromatic ring is 1. The monoisotopic (exact) mass is 246 g/mol. The molecule has 0 unspecified atom stereocenters. The third-order valence-corrected chi connectivity index (χ3v) is 3.74. The molecule has 18 heavy (non-hydrogen) atoms. The zero-order valence-electron chi connectivity index (χ0n) is 11.1. The van der Waals surface area contributed by atoms with Gasteiger partial charge in [0.1, 0.15) is 0 Å². The average molecular weight is 246 g/mol. The first-order valence-electron chi connectivity index (χ1n) is 6.89. The number of benzene rings is 1. The molecule has 0 aliphatic heterocycles. The number of amides is 1. The predicted molar refractivity (Wildman–Crippen MR) is 75.5 cm³/mol. The standard InChI is InChI=1S/C15H22N2O/c1-2-17(14-10-8-13(16)9-11-14)15(18)12-6-4-3-5-7-12/h8-12H,2-7,16H2,1H3. The predicted octanol–water partition coefficient (Wildman–Crippen LogP) is 3.20. The summed E-state index contributed by atoms with van der Waals surface area (Å²) in [6.45, 7) is 2.75. The number of carbonyl (C=O) groups is 1. The van der Waals surface area contributed by atoms with Gasteiger partial charge in [-0.05, 0) is 44.0 Å². The van der Waals surface area contributed by atoms with Crippen molar-refractivity contribution in [2.45, 2.75) is 39.0 Å². The third kappa shape index (κ3) is 2.84. The Morgan fingerprint density at radius 1 is 1.22 bits per heavy atom. The van der Waals surface area contributed by atoms with Crippen LogP contribution in [0.15, 0.2) is 24.3 Å². The molecule has 0 bridgehead atoms. The molecule has 0 heterocycles. The first-order chi connectivity index (χ1) is 8.72. The topological polar surface area (TPSA) is 46.3 Å². The Morgan fingerprint density at radius 2 is 1.83 bits per heavy atom. The molecular weight excluding hydrogens is 224 g/mol. The van der Waals surface area contributed by atoms with Crippen LogP contribution in [0.1, 0.15) is 39.0 Å². The molecule has 1 aliphatic carbocycles. The molecular formula is C15H22N2O. The summed E-state index contributed by atoms with van der Waals surface area (Å²) in [5.74, 6) is 0.498. The van der Waals surface area contributed by atoms with Crippen molar-refractivity contribution < 1.29 is 4.79 Å². The van der Waals surface area contributed by atoms with Crippen molar-refractivity contribution in [1.29, 1.82) is 0 Å². The fraction of sp³-hybridized carbons (Fsp3) is 0.533. The Hall–Kier alpha value is -1.51. The second-order valence-electron chi connectivity index (χ2n) is 5.01. The van der Waals surface area contributed by atoms with E-state index in [4.69, 9.17) is 5.73 Å². The van der Waals surface area contributed by atoms with Crippen molar-refractivity contribution >= 4 is 17.3 Å². The van der Waals surface area contributed by atoms with Crippen molar-refractivity contribution in [3.63, 3.8) is 0 Å². The summed E-state index contributed by atoms with van der Waals surface area (Å²) in [4.78, 5) is 14.4. The molecule has 0 atom stereocenters. The van der Waals surface area contributed by atoms with Gasteiger partial charge in [-0.25, -0.2) is 0 Å². The molecule has 1 saturated carbocycles. The van der Waals surface area contributed by atoms with E-state index in [1.165, 1.54) is 19.3 Å². The van der Waals surface area contributed by atoms with Gasteiger partial charge in [0.05, 0.1) is 0 Å². The van der Waals surface area contributed by atoms with Crippen LogP contribution >= 0.6 is 0 Å². The number of nitrogens with two attached hydrogens (primary N) is 1. The summed E-state index contributed by atoms with van der Waals surface area (Å²) < 4.78 is 0. The lowest BCUT2D eigenvalue weighted by atomic mass is 9.88. The lowest BCUT2D eigenvalue weighted by molar-refractivity contribution is -0.123. The second-order valence-corrected chi connectivity index (χ2v) is 5.01. The number of carbonyl (C=O) groups excluding carboxylic acids is 1. The molecule has 98 valence electrons. The van der Waals surface area contributed by atoms with Crippen LogP contribution in [0.4, 0.5) is 11.4 Å². The normalized spacial score (nSPS) is 16.5. The van der Waals surface area contributed by atoms with Gasteiger partial charge in [0.15, 0.2) is 0 Å². The minimum Gasteiger partial charge on any atom is -0.399 e. The number of hydrogen-bond acceptors (Lipinski definition) is 2. The SMILES string of the molecule is CCN(C(=O)C1CCCCC1)c1ccc(N)cc1. The maximum atomic E-state index is 12.5. The van der Waals surface area contributed by atoms with Crippen LogP contribution < -0.4 is 10.6 Å². The molecule has 0 saturated heterocycles. The zero-order chi connectivity index (χ0) is 13.0. The number of hydrogen-bond donors (Lipinski definition) is 1. The molecule has 1 amide bonds. The lowest BCUT2D eigenvalue weighted by Crippen LogP contribution is -2.36. The Bertz CT molecular complexity index is 393. The molecule has 3 nitrogen and oxygen atoms in total. The summed E-state index contributed by atoms with van der Waals surface area (Å²) in [5.41, 5.74) is 7.38. The van der Waals surface area contributed by atoms with E-state index in [1.54, 1.807) is 0 Å². The van der Waals surface area contributed by atoms with Crippen LogP contribution in [0.5, 0.6) is 0 Å². The van der Waals surface area contributed by atoms with E-state index in [9.17, 15) is 4.79 Å². The van der Waals surface area contributed by atoms with E-state index in [-0.39, 0.29) is 11.8 Å². The molecule has 1 aromatic carbocycles. The Morgan fingerprint density at radius 3 is 2.39 bits per heavy atom. The molecule has 3 heteroatoms. The first kappa shape index (κ1) is 12.9. The Kier molecular flexibility index (Phi) is 4.24. The molecule has 0 radical (unpaired) electrons. The van der Waals surface area contributed by atoms with Crippen molar-refractivity contribution in [2.75, 3.05) is 17.2 Å². The van der Waals surface area contributed by atoms with Gasteiger partial charge < -0.3 is 10.6 Å². The lowest BCUT2D eigenvalue weighted by Gasteiger charge is -2.28. The molecule has 1 aromatic rings. The van der Waals surface area contributed by atoms with E-state index in [2.05, 4.69) is 0 Å². The summed E-state index contributed by atoms with van der Waals surface area (Å²) >= 11 is 0. The number of anilines is 2. The van der Waals surface area contributed by atoms with Crippen LogP contribution in [-0.4, -0.2) is 12.5 Å². The largest absolute Gasteiger partial charge is 0.399 e. The van der Waals surface area contributed by atoms with E-state index in [1.807, 2.05) is 36.1 Å². The fourth-order valence-electron chi connectivity index (χ4n) is 2.69. The molecule has 1 aliphatic rings. The van der Waals surface area contributed by atoms with Crippen LogP contribution in [-0.2, 0) is 4.79 Å². The van der Waals surface area contributed by atoms with Gasteiger partial charge in [-0.2, -0.15) is 0 Å². The second kappa shape index (κ2) is 5.89. The van der Waals surface area contributed by atoms with Crippen molar-refractivity contribution in [3.8, 4) is 0 Å². The summed E-state index contributed by atoms with van der Waals surface area (Å²) in [5, 5.41) is 0. The van der Waals surface area contributed by atoms with Crippen molar-refractivity contribution in [1.82, 2.24) is 0 Å². The van der Waals surface area contributed by atoms with Crippen LogP contribution in [0, 0.1) is 5.92 Å². The summed E-state index contributed by atoms with van der Waals surface area (Å²) in [6, 6.07) is 7.57. The number of rotatable bonds is 3. The number of nitrogens with zero attached hydrogens (tertiary/aromatic N) is 1. The van der Waals surface area contributed by atoms with Gasteiger partial charge in [0, 0.05) is 23.8 Å². The maximum Gasteiger partial charge on any atom is 0.230 e. The maximum absolute atomic E-state index is 12.5. The quantitative estimate of drug-likeness (QED) is 0.832. The van der Waals surface area contributed by atoms with Gasteiger partial charge in [-0.15, -0.1) is 0 Å². The molecule has 0 aromatic heterocycles. The van der Waals surface area contributed by atoms with E-state index in [0.717, 1.165) is 30.8 Å². The van der Waals surface area contributed by atoms with Crippen LogP contribution in [0.2, 0.25) is 0 Å². The molecule has 0 spiro atoms. The third-order valence-electron chi connectivity index (χ3n) is 3.74. The molecule has 2 rings (SSSR count). The van der Waals surface area contributed by atoms with Gasteiger partial charge in [-0.1, -0.05) is 19.3 Å². The van der Waals surface area contributed by atoms with E-state index < -0.39 is 0 Å². The highest BCUT2D eigenvalue weighted by Crippen LogP contribution is 2.27. The van der Waals surface area contributed by atoms with Crippen molar-refractivity contribution in [3.05, 3.63) is 24.3 Å². The van der Waals surface area contributed by atoms with Crippen LogP contribution in [0.3, 0.4) is 0 Å². The van der Waals surface area contributed by atoms with Gasteiger partial charge in [0.25, 0.3) is 0 Å². The average Bonchev–Trinajstić information content (AvgIpc) is 2.42. The van der Waals surface area contributed by atoms with Gasteiger partial charge in [-0.3, -0.25) is 4.79 Å². The fourth-order valence-corrected chi connectivity index (χ4v) is 2.69. The Balaban J connectivity index is 2.12. The highest BCUT2D eigenvalue weighted by molar-refractivity contribution is 5.95.